The van der Waals surface area contributed by atoms with Crippen molar-refractivity contribution in [3.05, 3.63) is 11.6 Å². The lowest BCUT2D eigenvalue weighted by atomic mass is 9.91. The first-order chi connectivity index (χ1) is 10.8. The van der Waals surface area contributed by atoms with Gasteiger partial charge in [-0.3, -0.25) is 0 Å². The van der Waals surface area contributed by atoms with Crippen LogP contribution in [0, 0.1) is 11.8 Å². The summed E-state index contributed by atoms with van der Waals surface area (Å²) in [4.78, 5) is 0. The molecule has 3 nitrogen and oxygen atoms in total. The van der Waals surface area contributed by atoms with Gasteiger partial charge in [-0.1, -0.05) is 58.4 Å². The van der Waals surface area contributed by atoms with Crippen molar-refractivity contribution in [2.75, 3.05) is 13.2 Å². The van der Waals surface area contributed by atoms with Crippen molar-refractivity contribution in [2.45, 2.75) is 91.1 Å². The first-order valence-electron chi connectivity index (χ1n) is 9.40. The quantitative estimate of drug-likeness (QED) is 0.413. The maximum Gasteiger partial charge on any atom is 0.0642 e. The highest BCUT2D eigenvalue weighted by Crippen LogP contribution is 2.22. The maximum atomic E-state index is 9.72. The van der Waals surface area contributed by atoms with Crippen LogP contribution >= 0.6 is 0 Å². The van der Waals surface area contributed by atoms with Crippen LogP contribution in [0.1, 0.15) is 85.5 Å². The van der Waals surface area contributed by atoms with Crippen molar-refractivity contribution in [2.24, 2.45) is 11.8 Å². The van der Waals surface area contributed by atoms with Crippen LogP contribution in [0.25, 0.3) is 0 Å². The Labute approximate surface area is 143 Å². The number of hydrogen-bond donors (Lipinski definition) is 3. The Morgan fingerprint density at radius 1 is 0.913 bits per heavy atom. The van der Waals surface area contributed by atoms with E-state index in [2.05, 4.69) is 13.8 Å². The number of hydrogen-bond acceptors (Lipinski definition) is 3. The molecule has 3 heteroatoms. The van der Waals surface area contributed by atoms with Gasteiger partial charge in [-0.05, 0) is 50.5 Å². The van der Waals surface area contributed by atoms with Crippen LogP contribution in [0.5, 0.6) is 0 Å². The SMILES string of the molecule is C[C@@H](CCC/C(=C/CO)CO)CCC[C@H](C)CCCC(C)(C)O. The second-order valence-electron chi connectivity index (χ2n) is 7.94. The van der Waals surface area contributed by atoms with Crippen LogP contribution in [0.2, 0.25) is 0 Å². The molecule has 0 rings (SSSR count). The summed E-state index contributed by atoms with van der Waals surface area (Å²) in [6, 6.07) is 0. The van der Waals surface area contributed by atoms with Crippen LogP contribution in [-0.4, -0.2) is 34.1 Å². The molecule has 0 aliphatic heterocycles. The van der Waals surface area contributed by atoms with Crippen LogP contribution in [-0.2, 0) is 0 Å². The third kappa shape index (κ3) is 14.9. The molecule has 0 saturated carbocycles. The summed E-state index contributed by atoms with van der Waals surface area (Å²) in [5, 5.41) is 27.7. The van der Waals surface area contributed by atoms with E-state index in [1.807, 2.05) is 13.8 Å². The highest BCUT2D eigenvalue weighted by molar-refractivity contribution is 5.01. The monoisotopic (exact) mass is 328 g/mol. The Kier molecular flexibility index (Phi) is 12.8. The molecule has 0 aromatic carbocycles. The van der Waals surface area contributed by atoms with Gasteiger partial charge in [0.2, 0.25) is 0 Å². The third-order valence-electron chi connectivity index (χ3n) is 4.66. The van der Waals surface area contributed by atoms with Gasteiger partial charge in [0.1, 0.15) is 0 Å². The van der Waals surface area contributed by atoms with E-state index in [0.717, 1.165) is 43.1 Å². The van der Waals surface area contributed by atoms with Gasteiger partial charge in [0.15, 0.2) is 0 Å². The molecule has 0 fully saturated rings. The molecule has 0 aromatic rings. The van der Waals surface area contributed by atoms with Gasteiger partial charge in [-0.15, -0.1) is 0 Å². The molecule has 0 bridgehead atoms. The van der Waals surface area contributed by atoms with E-state index in [1.165, 1.54) is 32.1 Å². The molecule has 138 valence electrons. The molecule has 0 saturated heterocycles. The second-order valence-corrected chi connectivity index (χ2v) is 7.94. The van der Waals surface area contributed by atoms with E-state index in [0.29, 0.717) is 0 Å². The summed E-state index contributed by atoms with van der Waals surface area (Å²) in [6.45, 7) is 8.50. The van der Waals surface area contributed by atoms with Gasteiger partial charge in [0.05, 0.1) is 18.8 Å². The van der Waals surface area contributed by atoms with Gasteiger partial charge in [-0.25, -0.2) is 0 Å². The molecular formula is C20H40O3. The van der Waals surface area contributed by atoms with Gasteiger partial charge in [-0.2, -0.15) is 0 Å². The van der Waals surface area contributed by atoms with E-state index >= 15 is 0 Å². The van der Waals surface area contributed by atoms with Crippen molar-refractivity contribution in [1.29, 1.82) is 0 Å². The molecule has 0 aliphatic carbocycles. The van der Waals surface area contributed by atoms with E-state index in [9.17, 15) is 5.11 Å². The largest absolute Gasteiger partial charge is 0.392 e. The average molecular weight is 329 g/mol. The molecule has 0 heterocycles. The molecule has 0 amide bonds. The van der Waals surface area contributed by atoms with Crippen molar-refractivity contribution in [1.82, 2.24) is 0 Å². The average Bonchev–Trinajstić information content (AvgIpc) is 2.45. The zero-order chi connectivity index (χ0) is 17.7. The van der Waals surface area contributed by atoms with Crippen molar-refractivity contribution in [3.8, 4) is 0 Å². The smallest absolute Gasteiger partial charge is 0.0642 e. The number of aliphatic hydroxyl groups excluding tert-OH is 2. The Hall–Kier alpha value is -0.380. The van der Waals surface area contributed by atoms with Crippen molar-refractivity contribution in [3.63, 3.8) is 0 Å². The molecule has 23 heavy (non-hydrogen) atoms. The zero-order valence-corrected chi connectivity index (χ0v) is 15.9. The summed E-state index contributed by atoms with van der Waals surface area (Å²) in [6.07, 6.45) is 12.0. The molecule has 0 aliphatic rings. The summed E-state index contributed by atoms with van der Waals surface area (Å²) in [7, 11) is 0. The first-order valence-corrected chi connectivity index (χ1v) is 9.40. The summed E-state index contributed by atoms with van der Waals surface area (Å²) in [5.74, 6) is 1.48. The standard InChI is InChI=1S/C20H40O3/c1-17(10-6-12-19(16-22)13-15-21)8-5-9-18(2)11-7-14-20(3,4)23/h13,17-18,21-23H,5-12,14-16H2,1-4H3/b19-13-/t17-,18+/m1/s1. The molecule has 3 N–H and O–H groups in total. The topological polar surface area (TPSA) is 60.7 Å². The van der Waals surface area contributed by atoms with Gasteiger partial charge in [0.25, 0.3) is 0 Å². The minimum absolute atomic E-state index is 0.0246. The second kappa shape index (κ2) is 13.0. The van der Waals surface area contributed by atoms with Crippen molar-refractivity contribution >= 4 is 0 Å². The van der Waals surface area contributed by atoms with Crippen LogP contribution < -0.4 is 0 Å². The molecule has 0 radical (unpaired) electrons. The molecule has 0 aromatic heterocycles. The summed E-state index contributed by atoms with van der Waals surface area (Å²) >= 11 is 0. The predicted octanol–water partition coefficient (Wildman–Crippen LogP) is 4.45. The Morgan fingerprint density at radius 3 is 1.91 bits per heavy atom. The van der Waals surface area contributed by atoms with Gasteiger partial charge in [0, 0.05) is 0 Å². The highest BCUT2D eigenvalue weighted by atomic mass is 16.3. The lowest BCUT2D eigenvalue weighted by molar-refractivity contribution is 0.0668. The highest BCUT2D eigenvalue weighted by Gasteiger charge is 2.13. The minimum atomic E-state index is -0.522. The Morgan fingerprint density at radius 2 is 1.43 bits per heavy atom. The molecular weight excluding hydrogens is 288 g/mol. The van der Waals surface area contributed by atoms with E-state index in [4.69, 9.17) is 10.2 Å². The third-order valence-corrected chi connectivity index (χ3v) is 4.66. The van der Waals surface area contributed by atoms with Crippen LogP contribution in [0.3, 0.4) is 0 Å². The van der Waals surface area contributed by atoms with E-state index < -0.39 is 5.60 Å². The fraction of sp³-hybridized carbons (Fsp3) is 0.900. The maximum absolute atomic E-state index is 9.72. The van der Waals surface area contributed by atoms with Gasteiger partial charge >= 0.3 is 0 Å². The fourth-order valence-electron chi connectivity index (χ4n) is 3.04. The molecule has 0 unspecified atom stereocenters. The zero-order valence-electron chi connectivity index (χ0n) is 15.9. The van der Waals surface area contributed by atoms with Crippen LogP contribution in [0.15, 0.2) is 11.6 Å². The van der Waals surface area contributed by atoms with E-state index in [1.54, 1.807) is 6.08 Å². The van der Waals surface area contributed by atoms with Crippen LogP contribution in [0.4, 0.5) is 0 Å². The molecule has 2 atom stereocenters. The van der Waals surface area contributed by atoms with E-state index in [-0.39, 0.29) is 13.2 Å². The predicted molar refractivity (Wildman–Crippen MR) is 98.4 cm³/mol. The lowest BCUT2D eigenvalue weighted by Gasteiger charge is -2.19. The normalized spacial score (nSPS) is 15.7. The first kappa shape index (κ1) is 22.6. The Balaban J connectivity index is 3.65. The summed E-state index contributed by atoms with van der Waals surface area (Å²) in [5.41, 5.74) is 0.437. The number of aliphatic hydroxyl groups is 3. The number of rotatable bonds is 14. The van der Waals surface area contributed by atoms with Crippen molar-refractivity contribution < 1.29 is 15.3 Å². The minimum Gasteiger partial charge on any atom is -0.392 e. The van der Waals surface area contributed by atoms with Gasteiger partial charge < -0.3 is 15.3 Å². The fourth-order valence-corrected chi connectivity index (χ4v) is 3.04. The Bertz CT molecular complexity index is 304. The summed E-state index contributed by atoms with van der Waals surface area (Å²) < 4.78 is 0. The molecule has 0 spiro atoms. The lowest BCUT2D eigenvalue weighted by Crippen LogP contribution is -2.18.